The molecule has 3 aromatic rings. The lowest BCUT2D eigenvalue weighted by Crippen LogP contribution is -2.33. The summed E-state index contributed by atoms with van der Waals surface area (Å²) in [7, 11) is 2.03. The van der Waals surface area contributed by atoms with E-state index < -0.39 is 0 Å². The Kier molecular flexibility index (Phi) is 4.13. The number of hydrogen-bond donors (Lipinski definition) is 1. The van der Waals surface area contributed by atoms with Gasteiger partial charge < -0.3 is 9.88 Å². The van der Waals surface area contributed by atoms with Gasteiger partial charge >= 0.3 is 0 Å². The van der Waals surface area contributed by atoms with Crippen LogP contribution in [0.1, 0.15) is 25.7 Å². The molecule has 0 unspecified atom stereocenters. The van der Waals surface area contributed by atoms with Gasteiger partial charge in [-0.15, -0.1) is 0 Å². The highest BCUT2D eigenvalue weighted by Crippen LogP contribution is 2.22. The summed E-state index contributed by atoms with van der Waals surface area (Å²) >= 11 is 6.04. The van der Waals surface area contributed by atoms with E-state index in [4.69, 9.17) is 16.6 Å². The summed E-state index contributed by atoms with van der Waals surface area (Å²) in [5.74, 6) is 0.989. The monoisotopic (exact) mass is 318 g/mol. The molecule has 22 heavy (non-hydrogen) atoms. The van der Waals surface area contributed by atoms with E-state index in [1.807, 2.05) is 29.9 Å². The van der Waals surface area contributed by atoms with E-state index in [1.165, 1.54) is 0 Å². The van der Waals surface area contributed by atoms with Crippen molar-refractivity contribution in [1.29, 1.82) is 0 Å². The molecule has 2 heterocycles. The lowest BCUT2D eigenvalue weighted by Gasteiger charge is -2.19. The Morgan fingerprint density at radius 3 is 2.86 bits per heavy atom. The normalized spacial score (nSPS) is 14.4. The molecule has 0 aliphatic carbocycles. The number of nitrogens with one attached hydrogen (secondary N) is 1. The van der Waals surface area contributed by atoms with Gasteiger partial charge in [-0.3, -0.25) is 4.68 Å². The molecule has 0 aliphatic rings. The Hall–Kier alpha value is -1.92. The van der Waals surface area contributed by atoms with Crippen molar-refractivity contribution in [2.24, 2.45) is 7.05 Å². The summed E-state index contributed by atoms with van der Waals surface area (Å²) in [6.07, 6.45) is 3.27. The first-order valence-electron chi connectivity index (χ1n) is 7.25. The van der Waals surface area contributed by atoms with E-state index in [0.717, 1.165) is 23.4 Å². The molecule has 0 fully saturated rings. The van der Waals surface area contributed by atoms with Crippen LogP contribution in [0.2, 0.25) is 5.02 Å². The van der Waals surface area contributed by atoms with Gasteiger partial charge in [-0.25, -0.2) is 9.97 Å². The number of rotatable bonds is 5. The van der Waals surface area contributed by atoms with E-state index in [9.17, 15) is 0 Å². The third-order valence-electron chi connectivity index (χ3n) is 3.73. The van der Waals surface area contributed by atoms with Gasteiger partial charge in [-0.1, -0.05) is 11.6 Å². The highest BCUT2D eigenvalue weighted by molar-refractivity contribution is 6.31. The van der Waals surface area contributed by atoms with Crippen molar-refractivity contribution in [3.63, 3.8) is 0 Å². The van der Waals surface area contributed by atoms with Crippen molar-refractivity contribution in [2.75, 3.05) is 0 Å². The minimum Gasteiger partial charge on any atom is -0.330 e. The molecule has 0 saturated carbocycles. The minimum absolute atomic E-state index is 0.120. The molecule has 1 aromatic carbocycles. The predicted octanol–water partition coefficient (Wildman–Crippen LogP) is 2.56. The van der Waals surface area contributed by atoms with Gasteiger partial charge in [-0.2, -0.15) is 5.10 Å². The second kappa shape index (κ2) is 6.06. The molecule has 116 valence electrons. The van der Waals surface area contributed by atoms with Gasteiger partial charge in [0.1, 0.15) is 18.5 Å². The number of aryl methyl sites for hydroxylation is 1. The average Bonchev–Trinajstić information content (AvgIpc) is 3.07. The Labute approximate surface area is 134 Å². The highest BCUT2D eigenvalue weighted by Gasteiger charge is 2.16. The zero-order valence-corrected chi connectivity index (χ0v) is 13.6. The van der Waals surface area contributed by atoms with Crippen LogP contribution in [0.25, 0.3) is 11.0 Å². The summed E-state index contributed by atoms with van der Waals surface area (Å²) in [5, 5.41) is 8.38. The lowest BCUT2D eigenvalue weighted by molar-refractivity contribution is 0.400. The molecule has 7 heteroatoms. The summed E-state index contributed by atoms with van der Waals surface area (Å²) in [5.41, 5.74) is 2.00. The maximum absolute atomic E-state index is 6.04. The number of fused-ring (bicyclic) bond motifs is 1. The molecular weight excluding hydrogens is 300 g/mol. The van der Waals surface area contributed by atoms with Crippen LogP contribution in [-0.4, -0.2) is 30.4 Å². The Balaban J connectivity index is 1.77. The minimum atomic E-state index is 0.120. The van der Waals surface area contributed by atoms with Crippen molar-refractivity contribution >= 4 is 22.6 Å². The SMILES string of the molecule is C[C@H](Cn1cncn1)N[C@H](C)c1nc2cc(Cl)ccc2n1C. The predicted molar refractivity (Wildman–Crippen MR) is 86.8 cm³/mol. The highest BCUT2D eigenvalue weighted by atomic mass is 35.5. The summed E-state index contributed by atoms with van der Waals surface area (Å²) in [6.45, 7) is 5.00. The fourth-order valence-electron chi connectivity index (χ4n) is 2.74. The van der Waals surface area contributed by atoms with Crippen molar-refractivity contribution in [2.45, 2.75) is 32.5 Å². The Morgan fingerprint density at radius 1 is 1.32 bits per heavy atom. The molecule has 6 nitrogen and oxygen atoms in total. The van der Waals surface area contributed by atoms with Crippen molar-refractivity contribution in [3.05, 3.63) is 41.7 Å². The van der Waals surface area contributed by atoms with E-state index in [1.54, 1.807) is 12.7 Å². The quantitative estimate of drug-likeness (QED) is 0.785. The van der Waals surface area contributed by atoms with Crippen LogP contribution >= 0.6 is 11.6 Å². The van der Waals surface area contributed by atoms with Gasteiger partial charge in [-0.05, 0) is 32.0 Å². The smallest absolute Gasteiger partial charge is 0.137 e. The third kappa shape index (κ3) is 2.98. The van der Waals surface area contributed by atoms with Crippen molar-refractivity contribution in [3.8, 4) is 0 Å². The summed E-state index contributed by atoms with van der Waals surface area (Å²) in [6, 6.07) is 6.15. The van der Waals surface area contributed by atoms with E-state index >= 15 is 0 Å². The van der Waals surface area contributed by atoms with Crippen molar-refractivity contribution < 1.29 is 0 Å². The Bertz CT molecular complexity index is 764. The summed E-state index contributed by atoms with van der Waals surface area (Å²) in [4.78, 5) is 8.66. The number of hydrogen-bond acceptors (Lipinski definition) is 4. The van der Waals surface area contributed by atoms with Crippen molar-refractivity contribution in [1.82, 2.24) is 29.6 Å². The lowest BCUT2D eigenvalue weighted by atomic mass is 10.2. The fraction of sp³-hybridized carbons (Fsp3) is 0.400. The maximum Gasteiger partial charge on any atom is 0.137 e. The number of imidazole rings is 1. The molecule has 0 bridgehead atoms. The molecule has 3 rings (SSSR count). The molecular formula is C15H19ClN6. The third-order valence-corrected chi connectivity index (χ3v) is 3.96. The van der Waals surface area contributed by atoms with E-state index in [2.05, 4.69) is 33.8 Å². The zero-order chi connectivity index (χ0) is 15.7. The van der Waals surface area contributed by atoms with Gasteiger partial charge in [0.2, 0.25) is 0 Å². The van der Waals surface area contributed by atoms with Gasteiger partial charge in [0.25, 0.3) is 0 Å². The molecule has 1 N–H and O–H groups in total. The number of nitrogens with zero attached hydrogens (tertiary/aromatic N) is 5. The van der Waals surface area contributed by atoms with Crippen LogP contribution in [0.4, 0.5) is 0 Å². The second-order valence-corrected chi connectivity index (χ2v) is 6.01. The van der Waals surface area contributed by atoms with Crippen LogP contribution in [0.15, 0.2) is 30.9 Å². The first-order valence-corrected chi connectivity index (χ1v) is 7.62. The van der Waals surface area contributed by atoms with Crippen LogP contribution in [0.3, 0.4) is 0 Å². The number of halogens is 1. The summed E-state index contributed by atoms with van der Waals surface area (Å²) < 4.78 is 3.92. The standard InChI is InChI=1S/C15H19ClN6/c1-10(7-22-9-17-8-18-22)19-11(2)15-20-13-6-12(16)4-5-14(13)21(15)3/h4-6,8-11,19H,7H2,1-3H3/t10-,11-/m1/s1. The van der Waals surface area contributed by atoms with Gasteiger partial charge in [0, 0.05) is 18.1 Å². The molecule has 0 radical (unpaired) electrons. The molecule has 2 aromatic heterocycles. The van der Waals surface area contributed by atoms with Crippen LogP contribution in [-0.2, 0) is 13.6 Å². The zero-order valence-electron chi connectivity index (χ0n) is 12.9. The topological polar surface area (TPSA) is 60.6 Å². The van der Waals surface area contributed by atoms with Gasteiger partial charge in [0.15, 0.2) is 0 Å². The molecule has 0 spiro atoms. The van der Waals surface area contributed by atoms with E-state index in [-0.39, 0.29) is 12.1 Å². The largest absolute Gasteiger partial charge is 0.330 e. The molecule has 2 atom stereocenters. The van der Waals surface area contributed by atoms with E-state index in [0.29, 0.717) is 5.02 Å². The van der Waals surface area contributed by atoms with Crippen LogP contribution in [0.5, 0.6) is 0 Å². The second-order valence-electron chi connectivity index (χ2n) is 5.57. The molecule has 0 aliphatic heterocycles. The first kappa shape index (κ1) is 15.0. The van der Waals surface area contributed by atoms with Crippen LogP contribution < -0.4 is 5.32 Å². The maximum atomic E-state index is 6.04. The molecule has 0 saturated heterocycles. The number of aromatic nitrogens is 5. The Morgan fingerprint density at radius 2 is 2.14 bits per heavy atom. The molecule has 0 amide bonds. The number of benzene rings is 1. The van der Waals surface area contributed by atoms with Gasteiger partial charge in [0.05, 0.1) is 23.6 Å². The van der Waals surface area contributed by atoms with Crippen LogP contribution in [0, 0.1) is 0 Å². The average molecular weight is 319 g/mol. The first-order chi connectivity index (χ1) is 10.5. The fourth-order valence-corrected chi connectivity index (χ4v) is 2.91.